The normalized spacial score (nSPS) is 16.9. The molecule has 2 N–H and O–H groups in total. The second kappa shape index (κ2) is 8.83. The molecule has 0 spiro atoms. The molecule has 1 aliphatic heterocycles. The van der Waals surface area contributed by atoms with E-state index in [9.17, 15) is 9.59 Å². The summed E-state index contributed by atoms with van der Waals surface area (Å²) in [6.07, 6.45) is 1.17. The van der Waals surface area contributed by atoms with E-state index in [2.05, 4.69) is 12.2 Å². The van der Waals surface area contributed by atoms with Crippen molar-refractivity contribution >= 4 is 11.8 Å². The molecule has 1 aromatic rings. The second-order valence-corrected chi connectivity index (χ2v) is 6.89. The molecular weight excluding hydrogens is 302 g/mol. The molecule has 2 rings (SSSR count). The number of hydrogen-bond donors (Lipinski definition) is 2. The van der Waals surface area contributed by atoms with E-state index in [0.717, 1.165) is 26.2 Å². The van der Waals surface area contributed by atoms with Crippen LogP contribution in [0.15, 0.2) is 30.3 Å². The summed E-state index contributed by atoms with van der Waals surface area (Å²) in [5, 5.41) is 2.93. The lowest BCUT2D eigenvalue weighted by atomic mass is 10.0. The fourth-order valence-corrected chi connectivity index (χ4v) is 3.17. The zero-order valence-electron chi connectivity index (χ0n) is 15.0. The third kappa shape index (κ3) is 4.81. The van der Waals surface area contributed by atoms with Crippen LogP contribution in [0.4, 0.5) is 0 Å². The number of carbonyl (C=O) groups excluding carboxylic acids is 2. The molecule has 0 unspecified atom stereocenters. The third-order valence-corrected chi connectivity index (χ3v) is 4.64. The number of nitrogens with zero attached hydrogens (tertiary/aromatic N) is 1. The topological polar surface area (TPSA) is 53.9 Å². The molecule has 5 nitrogen and oxygen atoms in total. The Morgan fingerprint density at radius 2 is 1.79 bits per heavy atom. The number of amides is 2. The average molecular weight is 332 g/mol. The average Bonchev–Trinajstić information content (AvgIpc) is 2.60. The van der Waals surface area contributed by atoms with E-state index in [-0.39, 0.29) is 17.7 Å². The van der Waals surface area contributed by atoms with Gasteiger partial charge in [0.05, 0.1) is 32.7 Å². The zero-order valence-corrected chi connectivity index (χ0v) is 15.0. The van der Waals surface area contributed by atoms with E-state index in [1.165, 1.54) is 13.0 Å². The number of rotatable bonds is 6. The summed E-state index contributed by atoms with van der Waals surface area (Å²) in [7, 11) is 0. The van der Waals surface area contributed by atoms with Crippen LogP contribution >= 0.6 is 0 Å². The van der Waals surface area contributed by atoms with Gasteiger partial charge in [0.15, 0.2) is 0 Å². The van der Waals surface area contributed by atoms with Crippen molar-refractivity contribution in [2.24, 2.45) is 5.92 Å². The van der Waals surface area contributed by atoms with Crippen LogP contribution in [0.1, 0.15) is 37.6 Å². The first-order chi connectivity index (χ1) is 11.5. The van der Waals surface area contributed by atoms with E-state index in [4.69, 9.17) is 0 Å². The zero-order chi connectivity index (χ0) is 17.5. The summed E-state index contributed by atoms with van der Waals surface area (Å²) in [4.78, 5) is 28.7. The van der Waals surface area contributed by atoms with Gasteiger partial charge in [-0.05, 0) is 24.5 Å². The Kier molecular flexibility index (Phi) is 6.79. The van der Waals surface area contributed by atoms with Gasteiger partial charge in [-0.3, -0.25) is 9.59 Å². The Hall–Kier alpha value is -1.88. The predicted molar refractivity (Wildman–Crippen MR) is 95.0 cm³/mol. The number of benzene rings is 1. The van der Waals surface area contributed by atoms with Crippen molar-refractivity contribution in [1.82, 2.24) is 10.2 Å². The molecule has 0 aromatic heterocycles. The minimum Gasteiger partial charge on any atom is -0.340 e. The molecule has 0 saturated carbocycles. The van der Waals surface area contributed by atoms with Crippen molar-refractivity contribution in [2.75, 3.05) is 32.7 Å². The molecule has 5 heteroatoms. The monoisotopic (exact) mass is 332 g/mol. The van der Waals surface area contributed by atoms with Crippen LogP contribution < -0.4 is 10.2 Å². The molecule has 1 aromatic carbocycles. The van der Waals surface area contributed by atoms with Gasteiger partial charge in [-0.15, -0.1) is 0 Å². The minimum atomic E-state index is -0.467. The highest BCUT2D eigenvalue weighted by atomic mass is 16.2. The first kappa shape index (κ1) is 18.5. The number of carbonyl (C=O) groups is 2. The lowest BCUT2D eigenvalue weighted by molar-refractivity contribution is -0.904. The molecule has 0 radical (unpaired) electrons. The van der Waals surface area contributed by atoms with Crippen LogP contribution in [-0.4, -0.2) is 55.5 Å². The molecule has 0 aliphatic carbocycles. The maximum absolute atomic E-state index is 12.9. The van der Waals surface area contributed by atoms with Gasteiger partial charge in [-0.1, -0.05) is 39.0 Å². The number of nitrogens with one attached hydrogen (secondary N) is 2. The predicted octanol–water partition coefficient (Wildman–Crippen LogP) is 0.578. The first-order valence-electron chi connectivity index (χ1n) is 9.01. The van der Waals surface area contributed by atoms with Gasteiger partial charge in [-0.25, -0.2) is 0 Å². The highest BCUT2D eigenvalue weighted by molar-refractivity contribution is 5.97. The second-order valence-electron chi connectivity index (χ2n) is 6.89. The van der Waals surface area contributed by atoms with Crippen molar-refractivity contribution in [2.45, 2.75) is 33.2 Å². The maximum Gasteiger partial charge on any atom is 0.251 e. The van der Waals surface area contributed by atoms with Crippen LogP contribution in [0.3, 0.4) is 0 Å². The Balaban J connectivity index is 1.97. The molecule has 24 heavy (non-hydrogen) atoms. The first-order valence-corrected chi connectivity index (χ1v) is 9.01. The Morgan fingerprint density at radius 1 is 1.17 bits per heavy atom. The highest BCUT2D eigenvalue weighted by Gasteiger charge is 2.31. The number of piperazine rings is 1. The summed E-state index contributed by atoms with van der Waals surface area (Å²) < 4.78 is 0. The lowest BCUT2D eigenvalue weighted by Gasteiger charge is -2.35. The quantitative estimate of drug-likeness (QED) is 0.801. The molecule has 2 amide bonds. The van der Waals surface area contributed by atoms with E-state index in [1.807, 2.05) is 36.9 Å². The van der Waals surface area contributed by atoms with Gasteiger partial charge >= 0.3 is 0 Å². The van der Waals surface area contributed by atoms with Gasteiger partial charge in [0.1, 0.15) is 6.04 Å². The van der Waals surface area contributed by atoms with Crippen molar-refractivity contribution in [1.29, 1.82) is 0 Å². The van der Waals surface area contributed by atoms with Gasteiger partial charge in [0.25, 0.3) is 5.91 Å². The molecule has 1 saturated heterocycles. The van der Waals surface area contributed by atoms with Gasteiger partial charge in [-0.2, -0.15) is 0 Å². The lowest BCUT2D eigenvalue weighted by Crippen LogP contribution is -3.14. The van der Waals surface area contributed by atoms with Crippen molar-refractivity contribution in [3.63, 3.8) is 0 Å². The van der Waals surface area contributed by atoms with Crippen LogP contribution in [0.2, 0.25) is 0 Å². The van der Waals surface area contributed by atoms with Gasteiger partial charge < -0.3 is 15.1 Å². The van der Waals surface area contributed by atoms with E-state index in [1.54, 1.807) is 17.0 Å². The molecule has 1 atom stereocenters. The van der Waals surface area contributed by atoms with Crippen molar-refractivity contribution in [3.8, 4) is 0 Å². The van der Waals surface area contributed by atoms with Crippen LogP contribution in [0, 0.1) is 5.92 Å². The van der Waals surface area contributed by atoms with Crippen LogP contribution in [0.25, 0.3) is 0 Å². The fourth-order valence-electron chi connectivity index (χ4n) is 3.17. The van der Waals surface area contributed by atoms with Crippen molar-refractivity contribution < 1.29 is 14.5 Å². The summed E-state index contributed by atoms with van der Waals surface area (Å²) in [6, 6.07) is 8.60. The molecule has 1 fully saturated rings. The SMILES string of the molecule is CCC[NH+]1CCN(C(=O)[C@H](NC(=O)c2ccccc2)C(C)C)CC1. The Bertz CT molecular complexity index is 537. The Labute approximate surface area is 145 Å². The largest absolute Gasteiger partial charge is 0.340 e. The van der Waals surface area contributed by atoms with Gasteiger partial charge in [0, 0.05) is 5.56 Å². The third-order valence-electron chi connectivity index (χ3n) is 4.64. The Morgan fingerprint density at radius 3 is 2.33 bits per heavy atom. The smallest absolute Gasteiger partial charge is 0.251 e. The van der Waals surface area contributed by atoms with Crippen LogP contribution in [-0.2, 0) is 4.79 Å². The summed E-state index contributed by atoms with van der Waals surface area (Å²) in [5.74, 6) is -0.0751. The van der Waals surface area contributed by atoms with E-state index >= 15 is 0 Å². The molecule has 1 aliphatic rings. The molecular formula is C19H30N3O2+. The van der Waals surface area contributed by atoms with E-state index in [0.29, 0.717) is 5.56 Å². The number of quaternary nitrogens is 1. The summed E-state index contributed by atoms with van der Waals surface area (Å²) in [5.41, 5.74) is 0.591. The minimum absolute atomic E-state index is 0.0461. The van der Waals surface area contributed by atoms with E-state index < -0.39 is 6.04 Å². The van der Waals surface area contributed by atoms with Crippen LogP contribution in [0.5, 0.6) is 0 Å². The fraction of sp³-hybridized carbons (Fsp3) is 0.579. The standard InChI is InChI=1S/C19H29N3O2/c1-4-10-21-11-13-22(14-12-21)19(24)17(15(2)3)20-18(23)16-8-6-5-7-9-16/h5-9,15,17H,4,10-14H2,1-3H3,(H,20,23)/p+1/t17-/m1/s1. The maximum atomic E-state index is 12.9. The highest BCUT2D eigenvalue weighted by Crippen LogP contribution is 2.09. The van der Waals surface area contributed by atoms with Gasteiger partial charge in [0.2, 0.25) is 5.91 Å². The van der Waals surface area contributed by atoms with Crippen molar-refractivity contribution in [3.05, 3.63) is 35.9 Å². The summed E-state index contributed by atoms with van der Waals surface area (Å²) in [6.45, 7) is 10.9. The number of hydrogen-bond acceptors (Lipinski definition) is 2. The summed E-state index contributed by atoms with van der Waals surface area (Å²) >= 11 is 0. The molecule has 132 valence electrons. The molecule has 1 heterocycles. The molecule has 0 bridgehead atoms.